The van der Waals surface area contributed by atoms with Crippen molar-refractivity contribution in [1.29, 1.82) is 0 Å². The van der Waals surface area contributed by atoms with Crippen molar-refractivity contribution in [2.45, 2.75) is 46.0 Å². The van der Waals surface area contributed by atoms with Crippen molar-refractivity contribution in [2.75, 3.05) is 13.1 Å². The van der Waals surface area contributed by atoms with Crippen molar-refractivity contribution in [1.82, 2.24) is 15.5 Å². The molecule has 0 spiro atoms. The second kappa shape index (κ2) is 6.35. The van der Waals surface area contributed by atoms with Crippen LogP contribution in [0.1, 0.15) is 44.3 Å². The Kier molecular flexibility index (Phi) is 4.75. The second-order valence-corrected chi connectivity index (χ2v) is 5.90. The van der Waals surface area contributed by atoms with E-state index in [1.165, 1.54) is 0 Å². The van der Waals surface area contributed by atoms with Gasteiger partial charge in [0.2, 0.25) is 11.8 Å². The van der Waals surface area contributed by atoms with E-state index < -0.39 is 0 Å². The van der Waals surface area contributed by atoms with Gasteiger partial charge in [-0.25, -0.2) is 0 Å². The van der Waals surface area contributed by atoms with Crippen LogP contribution in [-0.4, -0.2) is 29.1 Å². The van der Waals surface area contributed by atoms with Gasteiger partial charge in [-0.2, -0.15) is 4.98 Å². The molecule has 0 radical (unpaired) electrons. The Hall–Kier alpha value is -1.43. The highest BCUT2D eigenvalue weighted by Gasteiger charge is 2.39. The molecule has 1 aliphatic carbocycles. The molecule has 20 heavy (non-hydrogen) atoms. The zero-order valence-electron chi connectivity index (χ0n) is 12.3. The van der Waals surface area contributed by atoms with Crippen molar-refractivity contribution in [2.24, 2.45) is 17.1 Å². The Morgan fingerprint density at radius 3 is 2.75 bits per heavy atom. The van der Waals surface area contributed by atoms with Crippen molar-refractivity contribution >= 4 is 5.91 Å². The largest absolute Gasteiger partial charge is 0.355 e. The Morgan fingerprint density at radius 2 is 2.20 bits per heavy atom. The minimum atomic E-state index is -0.375. The number of aromatic nitrogens is 2. The number of nitrogens with one attached hydrogen (secondary N) is 1. The van der Waals surface area contributed by atoms with E-state index in [1.54, 1.807) is 6.92 Å². The van der Waals surface area contributed by atoms with Gasteiger partial charge < -0.3 is 15.6 Å². The number of carbonyl (C=O) groups is 1. The third-order valence-corrected chi connectivity index (χ3v) is 4.31. The summed E-state index contributed by atoms with van der Waals surface area (Å²) in [5.74, 6) is 1.95. The van der Waals surface area contributed by atoms with Gasteiger partial charge in [0.25, 0.3) is 0 Å². The van der Waals surface area contributed by atoms with E-state index in [0.29, 0.717) is 37.1 Å². The first-order chi connectivity index (χ1) is 9.55. The average Bonchev–Trinajstić information content (AvgIpc) is 2.85. The maximum atomic E-state index is 12.4. The van der Waals surface area contributed by atoms with Crippen molar-refractivity contribution < 1.29 is 9.32 Å². The van der Waals surface area contributed by atoms with E-state index in [-0.39, 0.29) is 11.3 Å². The summed E-state index contributed by atoms with van der Waals surface area (Å²) < 4.78 is 4.90. The molecule has 1 heterocycles. The number of rotatable bonds is 5. The minimum Gasteiger partial charge on any atom is -0.355 e. The normalized spacial score (nSPS) is 26.4. The van der Waals surface area contributed by atoms with Crippen LogP contribution in [-0.2, 0) is 11.2 Å². The molecule has 6 heteroatoms. The molecule has 1 aliphatic rings. The molecule has 0 aliphatic heterocycles. The molecule has 0 aromatic carbocycles. The zero-order valence-corrected chi connectivity index (χ0v) is 12.3. The summed E-state index contributed by atoms with van der Waals surface area (Å²) in [4.78, 5) is 16.5. The molecule has 1 saturated carbocycles. The molecule has 1 aromatic heterocycles. The van der Waals surface area contributed by atoms with Gasteiger partial charge in [0.15, 0.2) is 5.82 Å². The van der Waals surface area contributed by atoms with Gasteiger partial charge in [-0.1, -0.05) is 12.1 Å². The van der Waals surface area contributed by atoms with Crippen LogP contribution >= 0.6 is 0 Å². The highest BCUT2D eigenvalue weighted by atomic mass is 16.5. The van der Waals surface area contributed by atoms with Crippen LogP contribution in [0.5, 0.6) is 0 Å². The zero-order chi connectivity index (χ0) is 14.6. The third kappa shape index (κ3) is 3.36. The molecule has 2 rings (SSSR count). The Balaban J connectivity index is 1.83. The van der Waals surface area contributed by atoms with E-state index >= 15 is 0 Å². The van der Waals surface area contributed by atoms with Gasteiger partial charge in [-0.15, -0.1) is 0 Å². The highest BCUT2D eigenvalue weighted by molar-refractivity contribution is 5.83. The van der Waals surface area contributed by atoms with Crippen molar-refractivity contribution in [3.8, 4) is 0 Å². The fourth-order valence-electron chi connectivity index (χ4n) is 2.76. The van der Waals surface area contributed by atoms with E-state index in [9.17, 15) is 4.79 Å². The average molecular weight is 280 g/mol. The Labute approximate surface area is 119 Å². The molecule has 0 unspecified atom stereocenters. The van der Waals surface area contributed by atoms with E-state index in [4.69, 9.17) is 10.3 Å². The summed E-state index contributed by atoms with van der Waals surface area (Å²) in [5, 5.41) is 6.79. The minimum absolute atomic E-state index is 0.0760. The first kappa shape index (κ1) is 15.0. The van der Waals surface area contributed by atoms with Crippen LogP contribution in [0.3, 0.4) is 0 Å². The predicted molar refractivity (Wildman–Crippen MR) is 74.9 cm³/mol. The van der Waals surface area contributed by atoms with E-state index in [1.807, 2.05) is 0 Å². The number of carbonyl (C=O) groups excluding carboxylic acids is 1. The lowest BCUT2D eigenvalue weighted by atomic mass is 9.70. The molecule has 0 bridgehead atoms. The quantitative estimate of drug-likeness (QED) is 0.845. The second-order valence-electron chi connectivity index (χ2n) is 5.90. The molecule has 0 saturated heterocycles. The number of hydrogen-bond donors (Lipinski definition) is 2. The van der Waals surface area contributed by atoms with Crippen LogP contribution in [0, 0.1) is 18.3 Å². The molecule has 0 atom stereocenters. The summed E-state index contributed by atoms with van der Waals surface area (Å²) in [5.41, 5.74) is 5.49. The van der Waals surface area contributed by atoms with Gasteiger partial charge in [-0.3, -0.25) is 4.79 Å². The lowest BCUT2D eigenvalue weighted by Gasteiger charge is -2.37. The number of hydrogen-bond acceptors (Lipinski definition) is 5. The molecule has 6 nitrogen and oxygen atoms in total. The SMILES string of the molecule is Cc1nc(CCNC(=O)C2(CN)CCC(C)CC2)no1. The third-order valence-electron chi connectivity index (χ3n) is 4.31. The van der Waals surface area contributed by atoms with Crippen LogP contribution in [0.2, 0.25) is 0 Å². The number of nitrogens with zero attached hydrogens (tertiary/aromatic N) is 2. The fraction of sp³-hybridized carbons (Fsp3) is 0.786. The van der Waals surface area contributed by atoms with E-state index in [0.717, 1.165) is 25.7 Å². The molecular formula is C14H24N4O2. The van der Waals surface area contributed by atoms with Gasteiger partial charge in [0.05, 0.1) is 5.41 Å². The van der Waals surface area contributed by atoms with Gasteiger partial charge in [0.1, 0.15) is 0 Å². The van der Waals surface area contributed by atoms with Crippen molar-refractivity contribution in [3.63, 3.8) is 0 Å². The lowest BCUT2D eigenvalue weighted by molar-refractivity contribution is -0.132. The molecule has 1 aromatic rings. The summed E-state index contributed by atoms with van der Waals surface area (Å²) >= 11 is 0. The van der Waals surface area contributed by atoms with Crippen LogP contribution < -0.4 is 11.1 Å². The molecule has 112 valence electrons. The predicted octanol–water partition coefficient (Wildman–Crippen LogP) is 1.19. The lowest BCUT2D eigenvalue weighted by Crippen LogP contribution is -2.48. The van der Waals surface area contributed by atoms with E-state index in [2.05, 4.69) is 22.4 Å². The first-order valence-corrected chi connectivity index (χ1v) is 7.33. The van der Waals surface area contributed by atoms with Gasteiger partial charge in [-0.05, 0) is 31.6 Å². The number of aryl methyl sites for hydroxylation is 1. The topological polar surface area (TPSA) is 94.0 Å². The smallest absolute Gasteiger partial charge is 0.227 e. The van der Waals surface area contributed by atoms with Crippen LogP contribution in [0.25, 0.3) is 0 Å². The Morgan fingerprint density at radius 1 is 1.50 bits per heavy atom. The fourth-order valence-corrected chi connectivity index (χ4v) is 2.76. The summed E-state index contributed by atoms with van der Waals surface area (Å²) in [7, 11) is 0. The van der Waals surface area contributed by atoms with Crippen LogP contribution in [0.15, 0.2) is 4.52 Å². The summed E-state index contributed by atoms with van der Waals surface area (Å²) in [6.07, 6.45) is 4.51. The summed E-state index contributed by atoms with van der Waals surface area (Å²) in [6.45, 7) is 4.93. The summed E-state index contributed by atoms with van der Waals surface area (Å²) in [6, 6.07) is 0. The molecule has 3 N–H and O–H groups in total. The molecule has 1 amide bonds. The first-order valence-electron chi connectivity index (χ1n) is 7.33. The maximum Gasteiger partial charge on any atom is 0.227 e. The van der Waals surface area contributed by atoms with Crippen LogP contribution in [0.4, 0.5) is 0 Å². The maximum absolute atomic E-state index is 12.4. The highest BCUT2D eigenvalue weighted by Crippen LogP contribution is 2.38. The monoisotopic (exact) mass is 280 g/mol. The standard InChI is InChI=1S/C14H24N4O2/c1-10-3-6-14(9-15,7-4-10)13(19)16-8-5-12-17-11(2)20-18-12/h10H,3-9,15H2,1-2H3,(H,16,19). The van der Waals surface area contributed by atoms with Gasteiger partial charge in [0, 0.05) is 26.4 Å². The Bertz CT molecular complexity index is 450. The molecule has 1 fully saturated rings. The number of nitrogens with two attached hydrogens (primary N) is 1. The number of amides is 1. The molecular weight excluding hydrogens is 256 g/mol. The van der Waals surface area contributed by atoms with Gasteiger partial charge >= 0.3 is 0 Å². The van der Waals surface area contributed by atoms with Crippen molar-refractivity contribution in [3.05, 3.63) is 11.7 Å².